The summed E-state index contributed by atoms with van der Waals surface area (Å²) in [5.41, 5.74) is 6.62. The molecular weight excluding hydrogens is 184 g/mol. The molecule has 0 heterocycles. The van der Waals surface area contributed by atoms with E-state index in [4.69, 9.17) is 5.84 Å². The van der Waals surface area contributed by atoms with E-state index in [-0.39, 0.29) is 6.04 Å². The molecule has 1 rings (SSSR count). The molecule has 0 saturated carbocycles. The number of nitrogens with two attached hydrogens (primary N) is 1. The molecule has 1 atom stereocenters. The molecule has 3 N–H and O–H groups in total. The first kappa shape index (κ1) is 11.8. The maximum atomic E-state index is 5.57. The lowest BCUT2D eigenvalue weighted by molar-refractivity contribution is 0.562. The third kappa shape index (κ3) is 2.82. The molecule has 15 heavy (non-hydrogen) atoms. The van der Waals surface area contributed by atoms with Gasteiger partial charge in [-0.3, -0.25) is 11.3 Å². The fourth-order valence-corrected chi connectivity index (χ4v) is 1.83. The van der Waals surface area contributed by atoms with E-state index in [2.05, 4.69) is 49.3 Å². The van der Waals surface area contributed by atoms with Crippen molar-refractivity contribution in [1.29, 1.82) is 0 Å². The van der Waals surface area contributed by atoms with Gasteiger partial charge in [0.25, 0.3) is 0 Å². The first-order valence-corrected chi connectivity index (χ1v) is 5.12. The highest BCUT2D eigenvalue weighted by molar-refractivity contribution is 5.36. The number of aryl methyl sites for hydroxylation is 2. The van der Waals surface area contributed by atoms with Crippen molar-refractivity contribution in [3.05, 3.63) is 34.9 Å². The third-order valence-electron chi connectivity index (χ3n) is 2.57. The van der Waals surface area contributed by atoms with E-state index in [1.165, 1.54) is 16.7 Å². The van der Waals surface area contributed by atoms with Gasteiger partial charge in [-0.05, 0) is 37.5 Å². The van der Waals surface area contributed by atoms with Gasteiger partial charge in [-0.2, -0.15) is 0 Å². The number of hydrogen-bond acceptors (Lipinski definition) is 2. The minimum atomic E-state index is 0.124. The van der Waals surface area contributed by atoms with E-state index in [1.807, 2.05) is 6.92 Å². The number of nitrogens with one attached hydrogen (secondary N) is 1. The SMILES string of the molecule is CC#CCC(NN)c1c(C)cccc1C. The summed E-state index contributed by atoms with van der Waals surface area (Å²) in [7, 11) is 0. The number of benzene rings is 1. The van der Waals surface area contributed by atoms with Crippen molar-refractivity contribution in [2.24, 2.45) is 5.84 Å². The Morgan fingerprint density at radius 1 is 1.33 bits per heavy atom. The zero-order valence-electron chi connectivity index (χ0n) is 9.59. The van der Waals surface area contributed by atoms with Crippen LogP contribution in [0.4, 0.5) is 0 Å². The highest BCUT2D eigenvalue weighted by Crippen LogP contribution is 2.23. The first-order valence-electron chi connectivity index (χ1n) is 5.12. The van der Waals surface area contributed by atoms with Crippen molar-refractivity contribution in [2.45, 2.75) is 33.2 Å². The normalized spacial score (nSPS) is 11.7. The first-order chi connectivity index (χ1) is 7.20. The molecular formula is C13H18N2. The molecule has 0 saturated heterocycles. The number of rotatable bonds is 3. The van der Waals surface area contributed by atoms with E-state index in [0.29, 0.717) is 0 Å². The minimum Gasteiger partial charge on any atom is -0.271 e. The molecule has 0 fully saturated rings. The summed E-state index contributed by atoms with van der Waals surface area (Å²) in [4.78, 5) is 0. The van der Waals surface area contributed by atoms with Gasteiger partial charge in [0.15, 0.2) is 0 Å². The summed E-state index contributed by atoms with van der Waals surface area (Å²) in [6.07, 6.45) is 0.749. The zero-order valence-corrected chi connectivity index (χ0v) is 9.59. The summed E-state index contributed by atoms with van der Waals surface area (Å²) >= 11 is 0. The Kier molecular flexibility index (Phi) is 4.36. The lowest BCUT2D eigenvalue weighted by Crippen LogP contribution is -2.28. The van der Waals surface area contributed by atoms with Crippen LogP contribution in [0.25, 0.3) is 0 Å². The van der Waals surface area contributed by atoms with Crippen LogP contribution in [0, 0.1) is 25.7 Å². The Morgan fingerprint density at radius 3 is 2.40 bits per heavy atom. The average molecular weight is 202 g/mol. The molecule has 1 aromatic carbocycles. The predicted octanol–water partition coefficient (Wildman–Crippen LogP) is 2.22. The van der Waals surface area contributed by atoms with Crippen molar-refractivity contribution in [3.8, 4) is 11.8 Å². The Balaban J connectivity index is 3.03. The van der Waals surface area contributed by atoms with Crippen molar-refractivity contribution >= 4 is 0 Å². The molecule has 0 spiro atoms. The second-order valence-electron chi connectivity index (χ2n) is 3.66. The smallest absolute Gasteiger partial charge is 0.0574 e. The third-order valence-corrected chi connectivity index (χ3v) is 2.57. The van der Waals surface area contributed by atoms with Crippen LogP contribution < -0.4 is 11.3 Å². The quantitative estimate of drug-likeness (QED) is 0.448. The molecule has 1 aromatic rings. The van der Waals surface area contributed by atoms with Crippen LogP contribution in [0.5, 0.6) is 0 Å². The van der Waals surface area contributed by atoms with Crippen LogP contribution >= 0.6 is 0 Å². The van der Waals surface area contributed by atoms with Gasteiger partial charge >= 0.3 is 0 Å². The molecule has 1 unspecified atom stereocenters. The van der Waals surface area contributed by atoms with Crippen LogP contribution in [-0.2, 0) is 0 Å². The second kappa shape index (κ2) is 5.55. The zero-order chi connectivity index (χ0) is 11.3. The van der Waals surface area contributed by atoms with Crippen LogP contribution in [0.3, 0.4) is 0 Å². The van der Waals surface area contributed by atoms with Crippen LogP contribution in [0.15, 0.2) is 18.2 Å². The van der Waals surface area contributed by atoms with E-state index in [1.54, 1.807) is 0 Å². The van der Waals surface area contributed by atoms with Gasteiger partial charge in [0.1, 0.15) is 0 Å². The molecule has 0 amide bonds. The molecule has 2 nitrogen and oxygen atoms in total. The summed E-state index contributed by atoms with van der Waals surface area (Å²) < 4.78 is 0. The molecule has 0 bridgehead atoms. The van der Waals surface area contributed by atoms with E-state index >= 15 is 0 Å². The predicted molar refractivity (Wildman–Crippen MR) is 64.0 cm³/mol. The highest BCUT2D eigenvalue weighted by Gasteiger charge is 2.12. The summed E-state index contributed by atoms with van der Waals surface area (Å²) in [6, 6.07) is 6.39. The standard InChI is InChI=1S/C13H18N2/c1-4-5-9-12(15-14)13-10(2)7-6-8-11(13)3/h6-8,12,15H,9,14H2,1-3H3. The topological polar surface area (TPSA) is 38.0 Å². The van der Waals surface area contributed by atoms with Gasteiger partial charge in [-0.25, -0.2) is 0 Å². The molecule has 0 radical (unpaired) electrons. The fourth-order valence-electron chi connectivity index (χ4n) is 1.83. The Morgan fingerprint density at radius 2 is 1.93 bits per heavy atom. The maximum absolute atomic E-state index is 5.57. The number of hydrogen-bond donors (Lipinski definition) is 2. The highest BCUT2D eigenvalue weighted by atomic mass is 15.2. The lowest BCUT2D eigenvalue weighted by Gasteiger charge is -2.18. The van der Waals surface area contributed by atoms with Crippen molar-refractivity contribution in [3.63, 3.8) is 0 Å². The van der Waals surface area contributed by atoms with Gasteiger partial charge in [-0.1, -0.05) is 18.2 Å². The Bertz CT molecular complexity index is 365. The van der Waals surface area contributed by atoms with Crippen molar-refractivity contribution in [2.75, 3.05) is 0 Å². The summed E-state index contributed by atoms with van der Waals surface area (Å²) in [5.74, 6) is 11.5. The second-order valence-corrected chi connectivity index (χ2v) is 3.66. The molecule has 80 valence electrons. The average Bonchev–Trinajstić information content (AvgIpc) is 2.22. The van der Waals surface area contributed by atoms with Crippen molar-refractivity contribution in [1.82, 2.24) is 5.43 Å². The van der Waals surface area contributed by atoms with Gasteiger partial charge in [-0.15, -0.1) is 11.8 Å². The molecule has 0 aliphatic heterocycles. The monoisotopic (exact) mass is 202 g/mol. The van der Waals surface area contributed by atoms with Crippen molar-refractivity contribution < 1.29 is 0 Å². The Labute approximate surface area is 91.8 Å². The van der Waals surface area contributed by atoms with Gasteiger partial charge in [0, 0.05) is 6.42 Å². The summed E-state index contributed by atoms with van der Waals surface area (Å²) in [5, 5.41) is 0. The Hall–Kier alpha value is -1.30. The van der Waals surface area contributed by atoms with Gasteiger partial charge < -0.3 is 0 Å². The largest absolute Gasteiger partial charge is 0.271 e. The van der Waals surface area contributed by atoms with Crippen LogP contribution in [-0.4, -0.2) is 0 Å². The molecule has 0 aliphatic rings. The lowest BCUT2D eigenvalue weighted by atomic mass is 9.95. The minimum absolute atomic E-state index is 0.124. The maximum Gasteiger partial charge on any atom is 0.0574 e. The van der Waals surface area contributed by atoms with Gasteiger partial charge in [0.05, 0.1) is 6.04 Å². The van der Waals surface area contributed by atoms with E-state index in [0.717, 1.165) is 6.42 Å². The summed E-state index contributed by atoms with van der Waals surface area (Å²) in [6.45, 7) is 6.05. The van der Waals surface area contributed by atoms with Gasteiger partial charge in [0.2, 0.25) is 0 Å². The van der Waals surface area contributed by atoms with E-state index in [9.17, 15) is 0 Å². The van der Waals surface area contributed by atoms with E-state index < -0.39 is 0 Å². The molecule has 0 aromatic heterocycles. The molecule has 0 aliphatic carbocycles. The fraction of sp³-hybridized carbons (Fsp3) is 0.385. The van der Waals surface area contributed by atoms with Crippen LogP contribution in [0.1, 0.15) is 36.1 Å². The van der Waals surface area contributed by atoms with Crippen LogP contribution in [0.2, 0.25) is 0 Å². The number of hydrazine groups is 1. The molecule has 2 heteroatoms.